The Kier molecular flexibility index (Phi) is 4.86. The van der Waals surface area contributed by atoms with Crippen LogP contribution in [0.4, 0.5) is 4.39 Å². The van der Waals surface area contributed by atoms with Crippen molar-refractivity contribution in [3.8, 4) is 0 Å². The summed E-state index contributed by atoms with van der Waals surface area (Å²) >= 11 is 0. The molecule has 1 rings (SSSR count). The minimum Gasteiger partial charge on any atom is -0.303 e. The first-order valence-corrected chi connectivity index (χ1v) is 6.05. The molecule has 0 radical (unpaired) electrons. The molecule has 0 N–H and O–H groups in total. The van der Waals surface area contributed by atoms with Gasteiger partial charge in [0, 0.05) is 6.54 Å². The van der Waals surface area contributed by atoms with Crippen molar-refractivity contribution in [1.29, 1.82) is 0 Å². The summed E-state index contributed by atoms with van der Waals surface area (Å²) in [6.07, 6.45) is 6.35. The van der Waals surface area contributed by atoms with E-state index in [0.29, 0.717) is 0 Å². The Bertz CT molecular complexity index is 156. The van der Waals surface area contributed by atoms with Gasteiger partial charge < -0.3 is 4.90 Å². The van der Waals surface area contributed by atoms with Crippen LogP contribution >= 0.6 is 0 Å². The number of hydrogen-bond acceptors (Lipinski definition) is 1. The van der Waals surface area contributed by atoms with E-state index >= 15 is 0 Å². The first-order chi connectivity index (χ1) is 6.64. The maximum atomic E-state index is 13.7. The van der Waals surface area contributed by atoms with Gasteiger partial charge in [-0.3, -0.25) is 0 Å². The molecule has 0 aromatic rings. The summed E-state index contributed by atoms with van der Waals surface area (Å²) in [7, 11) is 0. The molecule has 1 nitrogen and oxygen atoms in total. The third-order valence-electron chi connectivity index (χ3n) is 3.20. The van der Waals surface area contributed by atoms with Gasteiger partial charge in [0.05, 0.1) is 0 Å². The van der Waals surface area contributed by atoms with E-state index in [1.54, 1.807) is 6.92 Å². The molecule has 1 atom stereocenters. The van der Waals surface area contributed by atoms with Crippen molar-refractivity contribution in [1.82, 2.24) is 4.90 Å². The van der Waals surface area contributed by atoms with Crippen molar-refractivity contribution in [2.75, 3.05) is 19.6 Å². The van der Waals surface area contributed by atoms with Crippen LogP contribution in [0, 0.1) is 0 Å². The standard InChI is InChI=1S/C12H24FN/c1-3-4-5-9-14-10-6-7-12(2,13)8-11-14/h3-11H2,1-2H3. The minimum atomic E-state index is -0.903. The molecule has 0 bridgehead atoms. The second-order valence-electron chi connectivity index (χ2n) is 4.82. The second-order valence-corrected chi connectivity index (χ2v) is 4.82. The van der Waals surface area contributed by atoms with E-state index < -0.39 is 5.67 Å². The van der Waals surface area contributed by atoms with Crippen LogP contribution in [0.2, 0.25) is 0 Å². The fraction of sp³-hybridized carbons (Fsp3) is 1.00. The average Bonchev–Trinajstić information content (AvgIpc) is 2.28. The monoisotopic (exact) mass is 201 g/mol. The van der Waals surface area contributed by atoms with Crippen molar-refractivity contribution in [3.63, 3.8) is 0 Å². The molecular weight excluding hydrogens is 177 g/mol. The summed E-state index contributed by atoms with van der Waals surface area (Å²) < 4.78 is 13.7. The van der Waals surface area contributed by atoms with Gasteiger partial charge in [0.25, 0.3) is 0 Å². The normalized spacial score (nSPS) is 30.2. The summed E-state index contributed by atoms with van der Waals surface area (Å²) in [4.78, 5) is 2.43. The Labute approximate surface area is 87.7 Å². The van der Waals surface area contributed by atoms with Crippen LogP contribution in [0.25, 0.3) is 0 Å². The molecule has 1 heterocycles. The first kappa shape index (κ1) is 12.0. The lowest BCUT2D eigenvalue weighted by Crippen LogP contribution is -2.27. The Morgan fingerprint density at radius 2 is 2.00 bits per heavy atom. The summed E-state index contributed by atoms with van der Waals surface area (Å²) in [5.74, 6) is 0. The van der Waals surface area contributed by atoms with E-state index in [9.17, 15) is 4.39 Å². The number of halogens is 1. The number of likely N-dealkylation sites (tertiary alicyclic amines) is 1. The summed E-state index contributed by atoms with van der Waals surface area (Å²) in [5, 5.41) is 0. The van der Waals surface area contributed by atoms with Gasteiger partial charge in [-0.15, -0.1) is 0 Å². The first-order valence-electron chi connectivity index (χ1n) is 6.05. The zero-order valence-electron chi connectivity index (χ0n) is 9.69. The zero-order valence-corrected chi connectivity index (χ0v) is 9.69. The highest BCUT2D eigenvalue weighted by Gasteiger charge is 2.26. The SMILES string of the molecule is CCCCCN1CCCC(C)(F)CC1. The average molecular weight is 201 g/mol. The van der Waals surface area contributed by atoms with Gasteiger partial charge >= 0.3 is 0 Å². The fourth-order valence-corrected chi connectivity index (χ4v) is 2.11. The molecule has 0 aromatic carbocycles. The van der Waals surface area contributed by atoms with E-state index in [1.165, 1.54) is 25.8 Å². The Morgan fingerprint density at radius 1 is 1.21 bits per heavy atom. The molecule has 1 aliphatic rings. The summed E-state index contributed by atoms with van der Waals surface area (Å²) in [6.45, 7) is 7.20. The molecule has 0 saturated carbocycles. The van der Waals surface area contributed by atoms with Crippen molar-refractivity contribution in [3.05, 3.63) is 0 Å². The van der Waals surface area contributed by atoms with Crippen molar-refractivity contribution < 1.29 is 4.39 Å². The van der Waals surface area contributed by atoms with Crippen LogP contribution in [0.5, 0.6) is 0 Å². The van der Waals surface area contributed by atoms with E-state index in [-0.39, 0.29) is 0 Å². The van der Waals surface area contributed by atoms with E-state index in [1.807, 2.05) is 0 Å². The largest absolute Gasteiger partial charge is 0.303 e. The van der Waals surface area contributed by atoms with Crippen molar-refractivity contribution in [2.24, 2.45) is 0 Å². The molecule has 0 aliphatic carbocycles. The van der Waals surface area contributed by atoms with E-state index in [2.05, 4.69) is 11.8 Å². The van der Waals surface area contributed by atoms with Gasteiger partial charge in [0.2, 0.25) is 0 Å². The number of nitrogens with zero attached hydrogens (tertiary/aromatic N) is 1. The molecule has 1 fully saturated rings. The second kappa shape index (κ2) is 5.69. The predicted molar refractivity (Wildman–Crippen MR) is 59.3 cm³/mol. The fourth-order valence-electron chi connectivity index (χ4n) is 2.11. The molecule has 1 aliphatic heterocycles. The van der Waals surface area contributed by atoms with Crippen LogP contribution in [-0.4, -0.2) is 30.2 Å². The molecular formula is C12H24FN. The highest BCUT2D eigenvalue weighted by Crippen LogP contribution is 2.25. The lowest BCUT2D eigenvalue weighted by Gasteiger charge is -2.20. The molecule has 2 heteroatoms. The predicted octanol–water partition coefficient (Wildman–Crippen LogP) is 3.39. The number of unbranched alkanes of at least 4 members (excludes halogenated alkanes) is 2. The lowest BCUT2D eigenvalue weighted by molar-refractivity contribution is 0.161. The smallest absolute Gasteiger partial charge is 0.109 e. The van der Waals surface area contributed by atoms with Gasteiger partial charge in [-0.1, -0.05) is 19.8 Å². The van der Waals surface area contributed by atoms with Crippen LogP contribution in [-0.2, 0) is 0 Å². The molecule has 0 amide bonds. The lowest BCUT2D eigenvalue weighted by atomic mass is 10.0. The maximum absolute atomic E-state index is 13.7. The van der Waals surface area contributed by atoms with E-state index in [0.717, 1.165) is 32.4 Å². The van der Waals surface area contributed by atoms with Gasteiger partial charge in [0.15, 0.2) is 0 Å². The topological polar surface area (TPSA) is 3.24 Å². The highest BCUT2D eigenvalue weighted by atomic mass is 19.1. The molecule has 0 aromatic heterocycles. The van der Waals surface area contributed by atoms with Crippen molar-refractivity contribution in [2.45, 2.75) is 58.0 Å². The molecule has 1 saturated heterocycles. The molecule has 1 unspecified atom stereocenters. The Morgan fingerprint density at radius 3 is 2.71 bits per heavy atom. The van der Waals surface area contributed by atoms with Crippen LogP contribution < -0.4 is 0 Å². The van der Waals surface area contributed by atoms with Crippen molar-refractivity contribution >= 4 is 0 Å². The van der Waals surface area contributed by atoms with Gasteiger partial charge in [0.1, 0.15) is 5.67 Å². The van der Waals surface area contributed by atoms with Crippen LogP contribution in [0.15, 0.2) is 0 Å². The number of hydrogen-bond donors (Lipinski definition) is 0. The highest BCUT2D eigenvalue weighted by molar-refractivity contribution is 4.79. The quantitative estimate of drug-likeness (QED) is 0.630. The number of alkyl halides is 1. The third kappa shape index (κ3) is 4.41. The Hall–Kier alpha value is -0.110. The molecule has 14 heavy (non-hydrogen) atoms. The summed E-state index contributed by atoms with van der Waals surface area (Å²) in [5.41, 5.74) is -0.903. The van der Waals surface area contributed by atoms with Gasteiger partial charge in [-0.25, -0.2) is 4.39 Å². The zero-order chi connectivity index (χ0) is 10.4. The number of rotatable bonds is 4. The van der Waals surface area contributed by atoms with Crippen LogP contribution in [0.1, 0.15) is 52.4 Å². The summed E-state index contributed by atoms with van der Waals surface area (Å²) in [6, 6.07) is 0. The van der Waals surface area contributed by atoms with Gasteiger partial charge in [-0.2, -0.15) is 0 Å². The Balaban J connectivity index is 2.21. The van der Waals surface area contributed by atoms with Crippen LogP contribution in [0.3, 0.4) is 0 Å². The minimum absolute atomic E-state index is 0.721. The molecule has 0 spiro atoms. The van der Waals surface area contributed by atoms with E-state index in [4.69, 9.17) is 0 Å². The maximum Gasteiger partial charge on any atom is 0.109 e. The third-order valence-corrected chi connectivity index (χ3v) is 3.20. The molecule has 84 valence electrons. The van der Waals surface area contributed by atoms with Gasteiger partial charge in [-0.05, 0) is 45.7 Å².